The zero-order chi connectivity index (χ0) is 24.1. The Morgan fingerprint density at radius 2 is 1.65 bits per heavy atom. The largest absolute Gasteiger partial charge is 0.356 e. The van der Waals surface area contributed by atoms with Crippen LogP contribution in [0.3, 0.4) is 0 Å². The highest BCUT2D eigenvalue weighted by molar-refractivity contribution is 6.07. The molecule has 1 unspecified atom stereocenters. The highest BCUT2D eigenvalue weighted by Crippen LogP contribution is 2.26. The second-order valence-electron chi connectivity index (χ2n) is 8.99. The van der Waals surface area contributed by atoms with Crippen molar-refractivity contribution in [3.8, 4) is 0 Å². The van der Waals surface area contributed by atoms with E-state index in [2.05, 4.69) is 32.4 Å². The zero-order valence-electron chi connectivity index (χ0n) is 19.9. The van der Waals surface area contributed by atoms with E-state index in [0.717, 1.165) is 43.1 Å². The molecule has 7 nitrogen and oxygen atoms in total. The maximum Gasteiger partial charge on any atom is 0.259 e. The normalized spacial score (nSPS) is 15.0. The van der Waals surface area contributed by atoms with Crippen molar-refractivity contribution in [2.45, 2.75) is 39.5 Å². The van der Waals surface area contributed by atoms with E-state index in [0.29, 0.717) is 22.9 Å². The summed E-state index contributed by atoms with van der Waals surface area (Å²) in [6, 6.07) is 16.4. The van der Waals surface area contributed by atoms with Gasteiger partial charge in [0.25, 0.3) is 5.91 Å². The smallest absolute Gasteiger partial charge is 0.259 e. The Kier molecular flexibility index (Phi) is 7.21. The van der Waals surface area contributed by atoms with E-state index in [1.54, 1.807) is 30.5 Å². The number of piperidine rings is 1. The average molecular weight is 458 g/mol. The van der Waals surface area contributed by atoms with E-state index < -0.39 is 0 Å². The van der Waals surface area contributed by atoms with Gasteiger partial charge in [-0.15, -0.1) is 0 Å². The van der Waals surface area contributed by atoms with E-state index >= 15 is 0 Å². The van der Waals surface area contributed by atoms with E-state index in [1.807, 2.05) is 44.2 Å². The molecule has 3 aromatic rings. The first-order valence-corrected chi connectivity index (χ1v) is 11.8. The number of carbonyl (C=O) groups is 2. The third-order valence-corrected chi connectivity index (χ3v) is 6.28. The predicted octanol–water partition coefficient (Wildman–Crippen LogP) is 5.02. The number of hydrogen-bond acceptors (Lipinski definition) is 5. The molecule has 1 aliphatic heterocycles. The van der Waals surface area contributed by atoms with Gasteiger partial charge in [0.05, 0.1) is 17.2 Å². The molecule has 2 aromatic heterocycles. The van der Waals surface area contributed by atoms with Crippen LogP contribution in [0.5, 0.6) is 0 Å². The van der Waals surface area contributed by atoms with Crippen molar-refractivity contribution in [2.24, 2.45) is 5.92 Å². The molecular formula is C27H31N5O2. The van der Waals surface area contributed by atoms with Crippen LogP contribution in [0.15, 0.2) is 60.8 Å². The van der Waals surface area contributed by atoms with Gasteiger partial charge in [-0.1, -0.05) is 13.0 Å². The van der Waals surface area contributed by atoms with Crippen LogP contribution >= 0.6 is 0 Å². The van der Waals surface area contributed by atoms with Gasteiger partial charge < -0.3 is 15.5 Å². The molecule has 0 saturated carbocycles. The zero-order valence-corrected chi connectivity index (χ0v) is 19.9. The molecule has 176 valence electrons. The van der Waals surface area contributed by atoms with Crippen molar-refractivity contribution in [2.75, 3.05) is 28.6 Å². The maximum absolute atomic E-state index is 13.1. The Balaban J connectivity index is 1.42. The quantitative estimate of drug-likeness (QED) is 0.543. The number of carbonyl (C=O) groups excluding carboxylic acids is 2. The maximum atomic E-state index is 13.1. The monoisotopic (exact) mass is 457 g/mol. The van der Waals surface area contributed by atoms with Crippen LogP contribution < -0.4 is 15.5 Å². The van der Waals surface area contributed by atoms with Gasteiger partial charge in [0, 0.05) is 36.4 Å². The molecule has 3 heterocycles. The van der Waals surface area contributed by atoms with Gasteiger partial charge >= 0.3 is 0 Å². The summed E-state index contributed by atoms with van der Waals surface area (Å²) in [5, 5.41) is 5.87. The molecule has 0 bridgehead atoms. The second kappa shape index (κ2) is 10.5. The lowest BCUT2D eigenvalue weighted by Crippen LogP contribution is -2.35. The number of hydrogen-bond donors (Lipinski definition) is 2. The first-order valence-electron chi connectivity index (χ1n) is 11.8. The van der Waals surface area contributed by atoms with Gasteiger partial charge in [-0.05, 0) is 81.1 Å². The Morgan fingerprint density at radius 1 is 0.971 bits per heavy atom. The number of nitrogens with one attached hydrogen (secondary N) is 2. The summed E-state index contributed by atoms with van der Waals surface area (Å²) >= 11 is 0. The Bertz CT molecular complexity index is 1140. The lowest BCUT2D eigenvalue weighted by atomic mass is 9.99. The summed E-state index contributed by atoms with van der Waals surface area (Å²) in [6.07, 6.45) is 3.88. The van der Waals surface area contributed by atoms with E-state index in [1.165, 1.54) is 0 Å². The number of amides is 2. The fourth-order valence-electron chi connectivity index (χ4n) is 4.03. The van der Waals surface area contributed by atoms with Gasteiger partial charge in [0.1, 0.15) is 5.82 Å². The fourth-order valence-corrected chi connectivity index (χ4v) is 4.03. The molecule has 0 aliphatic carbocycles. The van der Waals surface area contributed by atoms with Crippen molar-refractivity contribution in [1.82, 2.24) is 9.97 Å². The lowest BCUT2D eigenvalue weighted by molar-refractivity contribution is -0.117. The van der Waals surface area contributed by atoms with E-state index in [-0.39, 0.29) is 17.7 Å². The van der Waals surface area contributed by atoms with Gasteiger partial charge in [-0.3, -0.25) is 14.6 Å². The Labute approximate surface area is 200 Å². The molecule has 1 aliphatic rings. The van der Waals surface area contributed by atoms with Gasteiger partial charge in [-0.25, -0.2) is 4.98 Å². The third-order valence-electron chi connectivity index (χ3n) is 6.28. The summed E-state index contributed by atoms with van der Waals surface area (Å²) in [4.78, 5) is 36.8. The average Bonchev–Trinajstić information content (AvgIpc) is 2.85. The minimum atomic E-state index is -0.370. The second-order valence-corrected chi connectivity index (χ2v) is 8.99. The van der Waals surface area contributed by atoms with Crippen LogP contribution in [0.4, 0.5) is 17.2 Å². The number of nitrogens with zero attached hydrogens (tertiary/aromatic N) is 3. The highest BCUT2D eigenvalue weighted by Gasteiger charge is 2.23. The number of pyridine rings is 2. The van der Waals surface area contributed by atoms with Crippen LogP contribution in [-0.2, 0) is 4.79 Å². The van der Waals surface area contributed by atoms with Crippen molar-refractivity contribution in [1.29, 1.82) is 0 Å². The SMILES string of the molecule is Cc1ccc(C(=O)Nc2ccc(NC(=O)C(C)c3ccccn3)cc2)c(N2CCC(C)CC2)n1. The van der Waals surface area contributed by atoms with E-state index in [4.69, 9.17) is 0 Å². The summed E-state index contributed by atoms with van der Waals surface area (Å²) < 4.78 is 0. The van der Waals surface area contributed by atoms with Crippen LogP contribution in [0.1, 0.15) is 54.4 Å². The first kappa shape index (κ1) is 23.4. The first-order chi connectivity index (χ1) is 16.4. The standard InChI is InChI=1S/C27H31N5O2/c1-18-13-16-32(17-14-18)25-23(12-7-19(2)29-25)27(34)31-22-10-8-21(9-11-22)30-26(33)20(3)24-6-4-5-15-28-24/h4-12,15,18,20H,13-14,16-17H2,1-3H3,(H,30,33)(H,31,34). The summed E-state index contributed by atoms with van der Waals surface area (Å²) in [6.45, 7) is 7.84. The predicted molar refractivity (Wildman–Crippen MR) is 135 cm³/mol. The number of aryl methyl sites for hydroxylation is 1. The summed E-state index contributed by atoms with van der Waals surface area (Å²) in [5.74, 6) is 0.746. The van der Waals surface area contributed by atoms with Gasteiger partial charge in [0.15, 0.2) is 0 Å². The third kappa shape index (κ3) is 5.60. The van der Waals surface area contributed by atoms with Crippen molar-refractivity contribution < 1.29 is 9.59 Å². The number of aromatic nitrogens is 2. The summed E-state index contributed by atoms with van der Waals surface area (Å²) in [7, 11) is 0. The molecule has 4 rings (SSSR count). The number of rotatable bonds is 6. The van der Waals surface area contributed by atoms with Crippen molar-refractivity contribution in [3.63, 3.8) is 0 Å². The Morgan fingerprint density at radius 3 is 2.29 bits per heavy atom. The Hall–Kier alpha value is -3.74. The topological polar surface area (TPSA) is 87.2 Å². The van der Waals surface area contributed by atoms with Gasteiger partial charge in [0.2, 0.25) is 5.91 Å². The van der Waals surface area contributed by atoms with Crippen LogP contribution in [0.25, 0.3) is 0 Å². The van der Waals surface area contributed by atoms with Crippen molar-refractivity contribution in [3.05, 3.63) is 77.7 Å². The van der Waals surface area contributed by atoms with E-state index in [9.17, 15) is 9.59 Å². The number of anilines is 3. The minimum absolute atomic E-state index is 0.137. The molecule has 1 atom stereocenters. The molecule has 2 amide bonds. The lowest BCUT2D eigenvalue weighted by Gasteiger charge is -2.32. The van der Waals surface area contributed by atoms with Crippen LogP contribution in [-0.4, -0.2) is 34.9 Å². The summed E-state index contributed by atoms with van der Waals surface area (Å²) in [5.41, 5.74) is 3.49. The molecule has 1 fully saturated rings. The minimum Gasteiger partial charge on any atom is -0.356 e. The molecule has 2 N–H and O–H groups in total. The van der Waals surface area contributed by atoms with Crippen LogP contribution in [0.2, 0.25) is 0 Å². The molecule has 1 saturated heterocycles. The molecule has 7 heteroatoms. The van der Waals surface area contributed by atoms with Crippen molar-refractivity contribution >= 4 is 29.0 Å². The molecule has 1 aromatic carbocycles. The van der Waals surface area contributed by atoms with Gasteiger partial charge in [-0.2, -0.15) is 0 Å². The van der Waals surface area contributed by atoms with Crippen LogP contribution in [0, 0.1) is 12.8 Å². The molecular weight excluding hydrogens is 426 g/mol. The molecule has 34 heavy (non-hydrogen) atoms. The molecule has 0 spiro atoms. The highest BCUT2D eigenvalue weighted by atomic mass is 16.2. The number of benzene rings is 1. The fraction of sp³-hybridized carbons (Fsp3) is 0.333. The molecule has 0 radical (unpaired) electrons.